The number of hydrogen-bond donors (Lipinski definition) is 0. The molecule has 4 rings (SSSR count). The smallest absolute Gasteiger partial charge is 0.306 e. The maximum absolute atomic E-state index is 13.1. The van der Waals surface area contributed by atoms with E-state index in [2.05, 4.69) is 4.98 Å². The number of esters is 1. The molecule has 0 bridgehead atoms. The first kappa shape index (κ1) is 25.3. The van der Waals surface area contributed by atoms with Gasteiger partial charge in [0, 0.05) is 35.1 Å². The molecular weight excluding hydrogens is 487 g/mol. The number of rotatable bonds is 7. The van der Waals surface area contributed by atoms with E-state index in [0.717, 1.165) is 29.4 Å². The summed E-state index contributed by atoms with van der Waals surface area (Å²) in [6.07, 6.45) is 1.41. The van der Waals surface area contributed by atoms with E-state index in [1.165, 1.54) is 0 Å². The van der Waals surface area contributed by atoms with Crippen LogP contribution in [-0.2, 0) is 14.3 Å². The molecule has 3 aromatic rings. The fourth-order valence-corrected chi connectivity index (χ4v) is 4.99. The minimum Gasteiger partial charge on any atom is -0.481 e. The molecule has 0 radical (unpaired) electrons. The van der Waals surface area contributed by atoms with Crippen molar-refractivity contribution in [2.45, 2.75) is 39.2 Å². The van der Waals surface area contributed by atoms with Gasteiger partial charge >= 0.3 is 5.97 Å². The summed E-state index contributed by atoms with van der Waals surface area (Å²) in [6, 6.07) is 14.9. The molecule has 1 saturated heterocycles. The van der Waals surface area contributed by atoms with Crippen LogP contribution in [0.1, 0.15) is 33.1 Å². The number of nitrogens with zero attached hydrogens (tertiary/aromatic N) is 2. The minimum absolute atomic E-state index is 0.102. The zero-order valence-corrected chi connectivity index (χ0v) is 21.3. The van der Waals surface area contributed by atoms with E-state index in [4.69, 9.17) is 32.7 Å². The summed E-state index contributed by atoms with van der Waals surface area (Å²) in [6.45, 7) is 5.08. The molecule has 184 valence electrons. The molecule has 1 fully saturated rings. The van der Waals surface area contributed by atoms with Crippen LogP contribution < -0.4 is 4.74 Å². The van der Waals surface area contributed by atoms with Crippen molar-refractivity contribution in [3.8, 4) is 16.9 Å². The van der Waals surface area contributed by atoms with Crippen molar-refractivity contribution in [3.05, 3.63) is 58.7 Å². The second-order valence-electron chi connectivity index (χ2n) is 8.71. The topological polar surface area (TPSA) is 68.7 Å². The Morgan fingerprint density at radius 3 is 2.71 bits per heavy atom. The van der Waals surface area contributed by atoms with Crippen LogP contribution in [0, 0.1) is 5.92 Å². The van der Waals surface area contributed by atoms with Crippen molar-refractivity contribution in [3.63, 3.8) is 0 Å². The predicted octanol–water partition coefficient (Wildman–Crippen LogP) is 6.17. The number of likely N-dealkylation sites (tertiary alicyclic amines) is 1. The van der Waals surface area contributed by atoms with Crippen molar-refractivity contribution in [2.24, 2.45) is 5.92 Å². The van der Waals surface area contributed by atoms with Gasteiger partial charge in [0.15, 0.2) is 6.10 Å². The molecule has 2 atom stereocenters. The van der Waals surface area contributed by atoms with E-state index >= 15 is 0 Å². The molecule has 0 aliphatic carbocycles. The van der Waals surface area contributed by atoms with E-state index in [1.54, 1.807) is 30.9 Å². The highest BCUT2D eigenvalue weighted by molar-refractivity contribution is 6.34. The lowest BCUT2D eigenvalue weighted by Gasteiger charge is -2.34. The fraction of sp³-hybridized carbons (Fsp3) is 0.370. The molecule has 1 aliphatic rings. The zero-order valence-electron chi connectivity index (χ0n) is 19.8. The number of piperidine rings is 1. The number of amides is 1. The Morgan fingerprint density at radius 2 is 1.94 bits per heavy atom. The average Bonchev–Trinajstić information content (AvgIpc) is 2.83. The van der Waals surface area contributed by atoms with Crippen LogP contribution in [0.15, 0.2) is 48.5 Å². The second-order valence-corrected chi connectivity index (χ2v) is 9.51. The third kappa shape index (κ3) is 6.06. The van der Waals surface area contributed by atoms with Crippen molar-refractivity contribution >= 4 is 46.0 Å². The Bertz CT molecular complexity index is 1230. The van der Waals surface area contributed by atoms with Crippen LogP contribution in [0.2, 0.25) is 10.2 Å². The summed E-state index contributed by atoms with van der Waals surface area (Å²) in [5, 5.41) is 1.85. The largest absolute Gasteiger partial charge is 0.481 e. The van der Waals surface area contributed by atoms with Crippen LogP contribution in [0.5, 0.6) is 5.75 Å². The highest BCUT2D eigenvalue weighted by atomic mass is 35.5. The molecule has 0 spiro atoms. The number of carbonyl (C=O) groups is 2. The lowest BCUT2D eigenvalue weighted by molar-refractivity contribution is -0.147. The molecule has 0 N–H and O–H groups in total. The molecule has 35 heavy (non-hydrogen) atoms. The van der Waals surface area contributed by atoms with E-state index in [0.29, 0.717) is 47.6 Å². The molecular formula is C27H28Cl2N2O4. The Hall–Kier alpha value is -2.83. The summed E-state index contributed by atoms with van der Waals surface area (Å²) >= 11 is 12.7. The minimum atomic E-state index is -0.684. The number of ether oxygens (including phenoxy) is 2. The van der Waals surface area contributed by atoms with Crippen molar-refractivity contribution < 1.29 is 19.1 Å². The average molecular weight is 515 g/mol. The maximum atomic E-state index is 13.1. The zero-order chi connectivity index (χ0) is 24.9. The van der Waals surface area contributed by atoms with Gasteiger partial charge in [-0.25, -0.2) is 4.98 Å². The van der Waals surface area contributed by atoms with Gasteiger partial charge in [0.25, 0.3) is 5.91 Å². The summed E-state index contributed by atoms with van der Waals surface area (Å²) in [7, 11) is 0. The summed E-state index contributed by atoms with van der Waals surface area (Å²) in [5.74, 6) is 0.316. The number of benzene rings is 2. The number of pyridine rings is 1. The van der Waals surface area contributed by atoms with Gasteiger partial charge in [-0.1, -0.05) is 41.4 Å². The lowest BCUT2D eigenvalue weighted by atomic mass is 9.94. The molecule has 1 aliphatic heterocycles. The maximum Gasteiger partial charge on any atom is 0.306 e. The van der Waals surface area contributed by atoms with Gasteiger partial charge in [0.05, 0.1) is 18.5 Å². The number of carbonyl (C=O) groups excluding carboxylic acids is 2. The third-order valence-electron chi connectivity index (χ3n) is 6.17. The van der Waals surface area contributed by atoms with Crippen LogP contribution in [-0.4, -0.2) is 47.6 Å². The monoisotopic (exact) mass is 514 g/mol. The van der Waals surface area contributed by atoms with Gasteiger partial charge in [0.1, 0.15) is 10.9 Å². The number of halogens is 2. The molecule has 8 heteroatoms. The summed E-state index contributed by atoms with van der Waals surface area (Å²) < 4.78 is 11.1. The number of fused-ring (bicyclic) bond motifs is 1. The highest BCUT2D eigenvalue weighted by Crippen LogP contribution is 2.36. The lowest BCUT2D eigenvalue weighted by Crippen LogP contribution is -2.46. The third-order valence-corrected chi connectivity index (χ3v) is 6.69. The van der Waals surface area contributed by atoms with Gasteiger partial charge in [-0.3, -0.25) is 9.59 Å². The highest BCUT2D eigenvalue weighted by Gasteiger charge is 2.29. The SMILES string of the molecule is CCOC(=O)C[C@H]1CCCN(C(=O)C(C)Oc2ccc3c(-c4ccccc4Cl)cc(Cl)nc3c2)C1. The van der Waals surface area contributed by atoms with Gasteiger partial charge < -0.3 is 14.4 Å². The Labute approximate surface area is 215 Å². The quantitative estimate of drug-likeness (QED) is 0.278. The molecule has 0 saturated carbocycles. The predicted molar refractivity (Wildman–Crippen MR) is 138 cm³/mol. The number of hydrogen-bond acceptors (Lipinski definition) is 5. The molecule has 1 aromatic heterocycles. The number of aromatic nitrogens is 1. The first-order valence-electron chi connectivity index (χ1n) is 11.8. The first-order valence-corrected chi connectivity index (χ1v) is 12.6. The van der Waals surface area contributed by atoms with E-state index in [1.807, 2.05) is 36.4 Å². The van der Waals surface area contributed by atoms with Crippen LogP contribution in [0.25, 0.3) is 22.0 Å². The van der Waals surface area contributed by atoms with Crippen molar-refractivity contribution in [2.75, 3.05) is 19.7 Å². The molecule has 2 heterocycles. The van der Waals surface area contributed by atoms with E-state index in [-0.39, 0.29) is 17.8 Å². The standard InChI is InChI=1S/C27H28Cl2N2O4/c1-3-34-26(32)13-18-7-6-12-31(16-18)27(33)17(2)35-19-10-11-21-22(15-25(29)30-24(21)14-19)20-8-4-5-9-23(20)28/h4-5,8-11,14-15,17-18H,3,6-7,12-13,16H2,1-2H3/t17?,18-/m1/s1. The van der Waals surface area contributed by atoms with Crippen LogP contribution in [0.3, 0.4) is 0 Å². The normalized spacial score (nSPS) is 16.7. The van der Waals surface area contributed by atoms with E-state index < -0.39 is 6.10 Å². The van der Waals surface area contributed by atoms with Crippen LogP contribution in [0.4, 0.5) is 0 Å². The van der Waals surface area contributed by atoms with Gasteiger partial charge in [-0.2, -0.15) is 0 Å². The molecule has 6 nitrogen and oxygen atoms in total. The van der Waals surface area contributed by atoms with Gasteiger partial charge in [-0.05, 0) is 62.4 Å². The van der Waals surface area contributed by atoms with Crippen molar-refractivity contribution in [1.29, 1.82) is 0 Å². The van der Waals surface area contributed by atoms with Gasteiger partial charge in [0.2, 0.25) is 0 Å². The first-order chi connectivity index (χ1) is 16.9. The molecule has 1 amide bonds. The summed E-state index contributed by atoms with van der Waals surface area (Å²) in [4.78, 5) is 31.2. The Kier molecular flexibility index (Phi) is 8.14. The fourth-order valence-electron chi connectivity index (χ4n) is 4.55. The molecule has 1 unspecified atom stereocenters. The Balaban J connectivity index is 1.49. The van der Waals surface area contributed by atoms with Crippen LogP contribution >= 0.6 is 23.2 Å². The molecule has 2 aromatic carbocycles. The van der Waals surface area contributed by atoms with Crippen molar-refractivity contribution in [1.82, 2.24) is 9.88 Å². The van der Waals surface area contributed by atoms with E-state index in [9.17, 15) is 9.59 Å². The summed E-state index contributed by atoms with van der Waals surface area (Å²) in [5.41, 5.74) is 2.39. The van der Waals surface area contributed by atoms with Gasteiger partial charge in [-0.15, -0.1) is 0 Å². The Morgan fingerprint density at radius 1 is 1.14 bits per heavy atom. The second kappa shape index (κ2) is 11.3.